The van der Waals surface area contributed by atoms with Crippen LogP contribution in [0.1, 0.15) is 89.8 Å². The van der Waals surface area contributed by atoms with Gasteiger partial charge in [-0.25, -0.2) is 0 Å². The average Bonchev–Trinajstić information content (AvgIpc) is 3.39. The number of nitrogens with zero attached hydrogens (tertiary/aromatic N) is 4. The number of aromatic hydroxyl groups is 4. The standard InChI is InChI=1S/C53H68N12O12/c1-33-32-65-29-22-60-52(76)39-13-6-10-36(44(39)68)48(72)56-17-24-62(2)23-16-54-46(70)34-8-4-11-37(42(34)66)50(74)58-20-27-64(30-31-65)28-21-59-51(75)38-12-5-9-35(43(38)67)47(71)55-18-25-63(3)26-19-57-49(73)40-14-7-15-41(45(40)69)53(77)61-33/h4-15,33,66-69H,16-32H2,1-3H3,(H,54,70)(H,55,71)(H,56,72)(H,57,73)(H,58,74)(H,59,75)(H,60,76)(H,61,77). The maximum Gasteiger partial charge on any atom is 0.255 e. The number of likely N-dealkylation sites (N-methyl/N-ethyl adjacent to an activating group) is 2. The number of phenols is 4. The van der Waals surface area contributed by atoms with Gasteiger partial charge in [0.25, 0.3) is 47.3 Å². The monoisotopic (exact) mass is 1060 g/mol. The summed E-state index contributed by atoms with van der Waals surface area (Å²) >= 11 is 0. The van der Waals surface area contributed by atoms with Gasteiger partial charge in [0, 0.05) is 117 Å². The second kappa shape index (κ2) is 28.0. The van der Waals surface area contributed by atoms with Crippen molar-refractivity contribution in [2.75, 3.05) is 125 Å². The first-order chi connectivity index (χ1) is 36.9. The van der Waals surface area contributed by atoms with Crippen molar-refractivity contribution in [3.63, 3.8) is 0 Å². The highest BCUT2D eigenvalue weighted by molar-refractivity contribution is 6.06. The van der Waals surface area contributed by atoms with Gasteiger partial charge in [-0.05, 0) is 69.6 Å². The van der Waals surface area contributed by atoms with Crippen LogP contribution in [-0.2, 0) is 0 Å². The third kappa shape index (κ3) is 16.1. The van der Waals surface area contributed by atoms with Crippen LogP contribution in [0.25, 0.3) is 0 Å². The van der Waals surface area contributed by atoms with Crippen molar-refractivity contribution < 1.29 is 58.8 Å². The molecule has 0 spiro atoms. The molecule has 0 saturated heterocycles. The molecule has 2 aliphatic heterocycles. The highest BCUT2D eigenvalue weighted by Crippen LogP contribution is 2.26. The summed E-state index contributed by atoms with van der Waals surface area (Å²) in [5.74, 6) is -7.27. The van der Waals surface area contributed by atoms with Gasteiger partial charge in [-0.1, -0.05) is 24.3 Å². The molecule has 10 bridgehead atoms. The molecule has 3 unspecified atom stereocenters. The van der Waals surface area contributed by atoms with E-state index in [1.807, 2.05) is 19.6 Å². The Morgan fingerprint density at radius 3 is 0.831 bits per heavy atom. The van der Waals surface area contributed by atoms with E-state index in [1.165, 1.54) is 72.8 Å². The number of rotatable bonds is 0. The lowest BCUT2D eigenvalue weighted by Gasteiger charge is -2.30. The van der Waals surface area contributed by atoms with E-state index >= 15 is 0 Å². The van der Waals surface area contributed by atoms with E-state index in [0.29, 0.717) is 26.2 Å². The summed E-state index contributed by atoms with van der Waals surface area (Å²) in [6.45, 7) is 4.98. The maximum atomic E-state index is 13.8. The van der Waals surface area contributed by atoms with Gasteiger partial charge in [0.05, 0.1) is 44.5 Å². The molecule has 24 nitrogen and oxygen atoms in total. The fourth-order valence-corrected chi connectivity index (χ4v) is 8.60. The molecule has 24 heteroatoms. The highest BCUT2D eigenvalue weighted by atomic mass is 16.3. The first kappa shape index (κ1) is 57.9. The maximum absolute atomic E-state index is 13.8. The number of phenolic OH excluding ortho intramolecular Hbond substituents is 4. The second-order valence-corrected chi connectivity index (χ2v) is 18.7. The Morgan fingerprint density at radius 1 is 0.338 bits per heavy atom. The summed E-state index contributed by atoms with van der Waals surface area (Å²) in [4.78, 5) is 115. The zero-order chi connectivity index (χ0) is 55.6. The smallest absolute Gasteiger partial charge is 0.255 e. The van der Waals surface area contributed by atoms with E-state index in [-0.39, 0.29) is 130 Å². The zero-order valence-electron chi connectivity index (χ0n) is 43.4. The highest BCUT2D eigenvalue weighted by Gasteiger charge is 2.25. The molecule has 2 aliphatic rings. The van der Waals surface area contributed by atoms with Crippen molar-refractivity contribution in [3.8, 4) is 23.0 Å². The first-order valence-electron chi connectivity index (χ1n) is 25.3. The Kier molecular flexibility index (Phi) is 21.1. The van der Waals surface area contributed by atoms with E-state index in [4.69, 9.17) is 0 Å². The number of benzene rings is 4. The van der Waals surface area contributed by atoms with Crippen molar-refractivity contribution >= 4 is 47.3 Å². The van der Waals surface area contributed by atoms with Gasteiger partial charge in [0.1, 0.15) is 23.0 Å². The lowest BCUT2D eigenvalue weighted by Crippen LogP contribution is -2.48. The molecule has 0 fully saturated rings. The quantitative estimate of drug-likeness (QED) is 0.104. The number of carbonyl (C=O) groups is 8. The van der Waals surface area contributed by atoms with Gasteiger partial charge in [-0.3, -0.25) is 48.2 Å². The van der Waals surface area contributed by atoms with E-state index < -0.39 is 76.3 Å². The van der Waals surface area contributed by atoms with Crippen LogP contribution >= 0.6 is 0 Å². The molecule has 3 atom stereocenters. The van der Waals surface area contributed by atoms with Crippen LogP contribution in [0.4, 0.5) is 0 Å². The fourth-order valence-electron chi connectivity index (χ4n) is 8.60. The molecular weight excluding hydrogens is 997 g/mol. The SMILES string of the molecule is CC1CN2CCNC(=O)c3cccc(c3O)C(=O)NCCN(C)CCNC(=O)c3cccc(c3O)C(=O)NCCN(CCNC(=O)c3cccc(c3O)C(=O)NCCN(C)CCNC(=O)c3cccc(c3O)C(=O)N1)CC2. The van der Waals surface area contributed by atoms with Crippen molar-refractivity contribution in [1.29, 1.82) is 0 Å². The van der Waals surface area contributed by atoms with Crippen LogP contribution < -0.4 is 42.5 Å². The minimum absolute atomic E-state index is 0.0159. The Balaban J connectivity index is 1.29. The number of hydrogen-bond donors (Lipinski definition) is 12. The van der Waals surface area contributed by atoms with Gasteiger partial charge >= 0.3 is 0 Å². The van der Waals surface area contributed by atoms with Crippen molar-refractivity contribution in [1.82, 2.24) is 62.1 Å². The molecule has 0 aromatic heterocycles. The number of nitrogens with one attached hydrogen (secondary N) is 8. The molecule has 12 N–H and O–H groups in total. The zero-order valence-corrected chi connectivity index (χ0v) is 43.4. The van der Waals surface area contributed by atoms with Crippen LogP contribution in [0.2, 0.25) is 0 Å². The predicted octanol–water partition coefficient (Wildman–Crippen LogP) is -0.669. The second-order valence-electron chi connectivity index (χ2n) is 18.7. The Morgan fingerprint density at radius 2 is 0.558 bits per heavy atom. The summed E-state index contributed by atoms with van der Waals surface area (Å²) < 4.78 is 0. The van der Waals surface area contributed by atoms with E-state index in [0.717, 1.165) is 0 Å². The summed E-state index contributed by atoms with van der Waals surface area (Å²) in [5, 5.41) is 66.8. The topological polar surface area (TPSA) is 327 Å². The average molecular weight is 1070 g/mol. The van der Waals surface area contributed by atoms with Gasteiger partial charge in [0.2, 0.25) is 0 Å². The molecule has 0 aliphatic carbocycles. The van der Waals surface area contributed by atoms with Crippen LogP contribution in [0.3, 0.4) is 0 Å². The summed E-state index contributed by atoms with van der Waals surface area (Å²) in [6, 6.07) is 16.3. The van der Waals surface area contributed by atoms with E-state index in [9.17, 15) is 58.8 Å². The van der Waals surface area contributed by atoms with Crippen LogP contribution in [0.15, 0.2) is 72.8 Å². The summed E-state index contributed by atoms with van der Waals surface area (Å²) in [6.07, 6.45) is 0. The molecule has 2 heterocycles. The van der Waals surface area contributed by atoms with Gasteiger partial charge in [-0.15, -0.1) is 0 Å². The summed E-state index contributed by atoms with van der Waals surface area (Å²) in [5.41, 5.74) is -1.08. The lowest BCUT2D eigenvalue weighted by molar-refractivity contribution is 0.0904. The van der Waals surface area contributed by atoms with Crippen molar-refractivity contribution in [2.24, 2.45) is 0 Å². The Hall–Kier alpha value is -8.32. The normalized spacial score (nSPS) is 20.8. The van der Waals surface area contributed by atoms with Crippen molar-refractivity contribution in [2.45, 2.75) is 13.0 Å². The lowest BCUT2D eigenvalue weighted by atomic mass is 10.1. The molecule has 4 aromatic rings. The number of amides is 8. The van der Waals surface area contributed by atoms with Crippen molar-refractivity contribution in [3.05, 3.63) is 117 Å². The molecule has 8 amide bonds. The first-order valence-corrected chi connectivity index (χ1v) is 25.3. The third-order valence-corrected chi connectivity index (χ3v) is 13.0. The Labute approximate surface area is 445 Å². The van der Waals surface area contributed by atoms with E-state index in [1.54, 1.807) is 21.0 Å². The van der Waals surface area contributed by atoms with Crippen LogP contribution in [0, 0.1) is 0 Å². The molecular formula is C53H68N12O12. The molecule has 0 radical (unpaired) electrons. The molecule has 4 aromatic carbocycles. The number of carbonyl (C=O) groups excluding carboxylic acids is 8. The van der Waals surface area contributed by atoms with Gasteiger partial charge in [-0.2, -0.15) is 0 Å². The fraction of sp³-hybridized carbons (Fsp3) is 0.396. The molecule has 77 heavy (non-hydrogen) atoms. The molecule has 412 valence electrons. The van der Waals surface area contributed by atoms with Gasteiger partial charge < -0.3 is 72.8 Å². The molecule has 0 saturated carbocycles. The minimum Gasteiger partial charge on any atom is -0.506 e. The predicted molar refractivity (Wildman–Crippen MR) is 284 cm³/mol. The number of para-hydroxylation sites is 4. The molecule has 6 rings (SSSR count). The third-order valence-electron chi connectivity index (χ3n) is 13.0. The van der Waals surface area contributed by atoms with Crippen LogP contribution in [-0.4, -0.2) is 219 Å². The number of hydrogen-bond acceptors (Lipinski definition) is 16. The van der Waals surface area contributed by atoms with E-state index in [2.05, 4.69) is 42.5 Å². The summed E-state index contributed by atoms with van der Waals surface area (Å²) in [7, 11) is 3.53. The minimum atomic E-state index is -0.669. The Bertz CT molecular complexity index is 2740. The number of fused-ring (bicyclic) bond motifs is 11. The van der Waals surface area contributed by atoms with Crippen LogP contribution in [0.5, 0.6) is 23.0 Å². The largest absolute Gasteiger partial charge is 0.506 e. The van der Waals surface area contributed by atoms with Gasteiger partial charge in [0.15, 0.2) is 0 Å².